The maximum absolute atomic E-state index is 12.1. The fourth-order valence-corrected chi connectivity index (χ4v) is 3.25. The van der Waals surface area contributed by atoms with Crippen LogP contribution in [0.4, 0.5) is 0 Å². The summed E-state index contributed by atoms with van der Waals surface area (Å²) < 4.78 is 24.2. The molecule has 0 atom stereocenters. The minimum absolute atomic E-state index is 0.128. The minimum atomic E-state index is -3.19. The third-order valence-corrected chi connectivity index (χ3v) is 5.02. The molecule has 1 aromatic carbocycles. The van der Waals surface area contributed by atoms with Gasteiger partial charge in [0.2, 0.25) is 0 Å². The first-order valence-corrected chi connectivity index (χ1v) is 9.09. The van der Waals surface area contributed by atoms with Crippen molar-refractivity contribution >= 4 is 15.8 Å². The van der Waals surface area contributed by atoms with E-state index in [0.717, 1.165) is 12.5 Å². The van der Waals surface area contributed by atoms with Gasteiger partial charge in [-0.2, -0.15) is 0 Å². The van der Waals surface area contributed by atoms with Crippen LogP contribution in [0.1, 0.15) is 26.2 Å². The minimum Gasteiger partial charge on any atom is -0.357 e. The Morgan fingerprint density at radius 1 is 1.29 bits per heavy atom. The van der Waals surface area contributed by atoms with Crippen molar-refractivity contribution in [1.29, 1.82) is 0 Å². The lowest BCUT2D eigenvalue weighted by Crippen LogP contribution is -2.38. The fourth-order valence-electron chi connectivity index (χ4n) is 1.93. The molecular weight excluding hydrogens is 286 g/mol. The van der Waals surface area contributed by atoms with Crippen LogP contribution in [0.25, 0.3) is 0 Å². The number of nitrogens with zero attached hydrogens (tertiary/aromatic N) is 1. The van der Waals surface area contributed by atoms with Crippen molar-refractivity contribution in [3.8, 4) is 0 Å². The molecule has 2 rings (SSSR count). The zero-order valence-corrected chi connectivity index (χ0v) is 13.2. The second-order valence-electron chi connectivity index (χ2n) is 5.16. The van der Waals surface area contributed by atoms with E-state index in [1.54, 1.807) is 24.3 Å². The zero-order chi connectivity index (χ0) is 15.1. The van der Waals surface area contributed by atoms with Crippen molar-refractivity contribution in [3.63, 3.8) is 0 Å². The third-order valence-electron chi connectivity index (χ3n) is 3.21. The quantitative estimate of drug-likeness (QED) is 0.456. The molecule has 0 unspecified atom stereocenters. The highest BCUT2D eigenvalue weighted by atomic mass is 32.2. The highest BCUT2D eigenvalue weighted by molar-refractivity contribution is 7.91. The van der Waals surface area contributed by atoms with Crippen molar-refractivity contribution in [1.82, 2.24) is 10.6 Å². The number of sulfone groups is 1. The topological polar surface area (TPSA) is 70.6 Å². The highest BCUT2D eigenvalue weighted by Gasteiger charge is 2.22. The molecule has 0 saturated heterocycles. The Morgan fingerprint density at radius 2 is 2.00 bits per heavy atom. The number of aliphatic imine (C=N–C) groups is 1. The van der Waals surface area contributed by atoms with E-state index in [4.69, 9.17) is 0 Å². The lowest BCUT2D eigenvalue weighted by atomic mass is 10.4. The van der Waals surface area contributed by atoms with Crippen LogP contribution in [0.15, 0.2) is 40.2 Å². The molecule has 0 amide bonds. The van der Waals surface area contributed by atoms with Gasteiger partial charge in [-0.15, -0.1) is 0 Å². The second-order valence-corrected chi connectivity index (χ2v) is 7.27. The number of rotatable bonds is 7. The van der Waals surface area contributed by atoms with Gasteiger partial charge in [0, 0.05) is 19.1 Å². The molecule has 116 valence electrons. The summed E-state index contributed by atoms with van der Waals surface area (Å²) in [5.74, 6) is 0.917. The van der Waals surface area contributed by atoms with Gasteiger partial charge in [-0.3, -0.25) is 4.99 Å². The van der Waals surface area contributed by atoms with Crippen LogP contribution in [0, 0.1) is 0 Å². The maximum Gasteiger partial charge on any atom is 0.191 e. The van der Waals surface area contributed by atoms with Gasteiger partial charge in [-0.25, -0.2) is 8.42 Å². The van der Waals surface area contributed by atoms with E-state index in [1.807, 2.05) is 13.0 Å². The molecule has 21 heavy (non-hydrogen) atoms. The fraction of sp³-hybridized carbons (Fsp3) is 0.533. The Bertz CT molecular complexity index is 566. The molecule has 2 N–H and O–H groups in total. The molecule has 1 fully saturated rings. The van der Waals surface area contributed by atoms with Crippen LogP contribution in [-0.2, 0) is 9.84 Å². The smallest absolute Gasteiger partial charge is 0.191 e. The number of nitrogens with one attached hydrogen (secondary N) is 2. The predicted octanol–water partition coefficient (Wildman–Crippen LogP) is 1.57. The van der Waals surface area contributed by atoms with Gasteiger partial charge in [-0.1, -0.05) is 18.2 Å². The molecule has 1 aliphatic carbocycles. The van der Waals surface area contributed by atoms with E-state index < -0.39 is 9.84 Å². The highest BCUT2D eigenvalue weighted by Crippen LogP contribution is 2.18. The average Bonchev–Trinajstić information content (AvgIpc) is 3.29. The van der Waals surface area contributed by atoms with Crippen LogP contribution in [-0.4, -0.2) is 39.3 Å². The van der Waals surface area contributed by atoms with E-state index in [9.17, 15) is 8.42 Å². The average molecular weight is 309 g/mol. The van der Waals surface area contributed by atoms with E-state index in [1.165, 1.54) is 12.8 Å². The second kappa shape index (κ2) is 7.45. The zero-order valence-electron chi connectivity index (χ0n) is 12.4. The number of hydrogen-bond donors (Lipinski definition) is 2. The van der Waals surface area contributed by atoms with E-state index in [-0.39, 0.29) is 5.75 Å². The molecule has 0 aliphatic heterocycles. The number of guanidine groups is 1. The van der Waals surface area contributed by atoms with Gasteiger partial charge in [0.15, 0.2) is 15.8 Å². The normalized spacial score (nSPS) is 15.8. The Kier molecular flexibility index (Phi) is 5.61. The molecular formula is C15H23N3O2S. The largest absolute Gasteiger partial charge is 0.357 e. The third kappa shape index (κ3) is 5.38. The molecule has 1 saturated carbocycles. The predicted molar refractivity (Wildman–Crippen MR) is 85.2 cm³/mol. The first kappa shape index (κ1) is 15.8. The molecule has 0 radical (unpaired) electrons. The van der Waals surface area contributed by atoms with E-state index in [0.29, 0.717) is 23.9 Å². The molecule has 5 nitrogen and oxygen atoms in total. The Hall–Kier alpha value is -1.56. The van der Waals surface area contributed by atoms with Crippen LogP contribution in [0.2, 0.25) is 0 Å². The summed E-state index contributed by atoms with van der Waals surface area (Å²) in [6.07, 6.45) is 2.90. The molecule has 0 aromatic heterocycles. The lowest BCUT2D eigenvalue weighted by molar-refractivity contribution is 0.593. The summed E-state index contributed by atoms with van der Waals surface area (Å²) in [5, 5.41) is 6.48. The van der Waals surface area contributed by atoms with Crippen molar-refractivity contribution in [3.05, 3.63) is 30.3 Å². The van der Waals surface area contributed by atoms with Crippen LogP contribution in [0.3, 0.4) is 0 Å². The summed E-state index contributed by atoms with van der Waals surface area (Å²) in [4.78, 5) is 4.81. The maximum atomic E-state index is 12.1. The molecule has 0 heterocycles. The standard InChI is InChI=1S/C15H23N3O2S/c1-2-16-15(18-13-9-10-13)17-11-6-12-21(19,20)14-7-4-3-5-8-14/h3-5,7-8,13H,2,6,9-12H2,1H3,(H2,16,17,18). The van der Waals surface area contributed by atoms with Gasteiger partial charge in [0.1, 0.15) is 0 Å². The van der Waals surface area contributed by atoms with Gasteiger partial charge in [-0.05, 0) is 38.3 Å². The monoisotopic (exact) mass is 309 g/mol. The summed E-state index contributed by atoms with van der Waals surface area (Å²) in [7, 11) is -3.19. The van der Waals surface area contributed by atoms with Gasteiger partial charge >= 0.3 is 0 Å². The molecule has 0 spiro atoms. The van der Waals surface area contributed by atoms with Crippen molar-refractivity contribution in [2.75, 3.05) is 18.8 Å². The molecule has 0 bridgehead atoms. The van der Waals surface area contributed by atoms with Gasteiger partial charge in [0.05, 0.1) is 10.6 Å². The summed E-state index contributed by atoms with van der Waals surface area (Å²) >= 11 is 0. The summed E-state index contributed by atoms with van der Waals surface area (Å²) in [5.41, 5.74) is 0. The first-order chi connectivity index (χ1) is 10.1. The Morgan fingerprint density at radius 3 is 2.62 bits per heavy atom. The molecule has 1 aliphatic rings. The van der Waals surface area contributed by atoms with Crippen molar-refractivity contribution in [2.24, 2.45) is 4.99 Å². The van der Waals surface area contributed by atoms with Crippen LogP contribution < -0.4 is 10.6 Å². The van der Waals surface area contributed by atoms with Crippen LogP contribution >= 0.6 is 0 Å². The first-order valence-electron chi connectivity index (χ1n) is 7.44. The van der Waals surface area contributed by atoms with Crippen molar-refractivity contribution in [2.45, 2.75) is 37.1 Å². The van der Waals surface area contributed by atoms with E-state index >= 15 is 0 Å². The Balaban J connectivity index is 1.82. The van der Waals surface area contributed by atoms with Crippen molar-refractivity contribution < 1.29 is 8.42 Å². The summed E-state index contributed by atoms with van der Waals surface area (Å²) in [6.45, 7) is 3.33. The van der Waals surface area contributed by atoms with Gasteiger partial charge < -0.3 is 10.6 Å². The lowest BCUT2D eigenvalue weighted by Gasteiger charge is -2.10. The summed E-state index contributed by atoms with van der Waals surface area (Å²) in [6, 6.07) is 9.11. The Labute approximate surface area is 126 Å². The molecule has 6 heteroatoms. The SMILES string of the molecule is CCNC(=NCCCS(=O)(=O)c1ccccc1)NC1CC1. The van der Waals surface area contributed by atoms with E-state index in [2.05, 4.69) is 15.6 Å². The van der Waals surface area contributed by atoms with Crippen LogP contribution in [0.5, 0.6) is 0 Å². The molecule has 1 aromatic rings. The van der Waals surface area contributed by atoms with Gasteiger partial charge in [0.25, 0.3) is 0 Å². The number of benzene rings is 1. The number of hydrogen-bond acceptors (Lipinski definition) is 3.